The number of nitrogens with one attached hydrogen (secondary N) is 1. The van der Waals surface area contributed by atoms with Crippen molar-refractivity contribution in [1.82, 2.24) is 10.1 Å². The molecule has 22 heavy (non-hydrogen) atoms. The molecule has 0 aliphatic rings. The Morgan fingerprint density at radius 1 is 1.41 bits per heavy atom. The zero-order chi connectivity index (χ0) is 15.7. The molecule has 7 nitrogen and oxygen atoms in total. The predicted octanol–water partition coefficient (Wildman–Crippen LogP) is 3.55. The number of nitrogens with zero attached hydrogens (tertiary/aromatic N) is 2. The summed E-state index contributed by atoms with van der Waals surface area (Å²) in [4.78, 5) is 13.6. The fourth-order valence-corrected chi connectivity index (χ4v) is 2.27. The summed E-state index contributed by atoms with van der Waals surface area (Å²) < 4.78 is 10.2. The van der Waals surface area contributed by atoms with Crippen LogP contribution in [0.5, 0.6) is 5.75 Å². The van der Waals surface area contributed by atoms with E-state index in [1.165, 1.54) is 6.92 Å². The lowest BCUT2D eigenvalue weighted by Gasteiger charge is -1.99. The first-order chi connectivity index (χ1) is 10.6. The summed E-state index contributed by atoms with van der Waals surface area (Å²) >= 11 is 0. The van der Waals surface area contributed by atoms with Crippen LogP contribution >= 0.6 is 0 Å². The van der Waals surface area contributed by atoms with Crippen LogP contribution in [0.3, 0.4) is 0 Å². The van der Waals surface area contributed by atoms with Crippen LogP contribution in [0.15, 0.2) is 28.9 Å². The molecule has 0 atom stereocenters. The van der Waals surface area contributed by atoms with Gasteiger partial charge >= 0.3 is 5.69 Å². The first kappa shape index (κ1) is 13.9. The number of aromatic amines is 1. The molecule has 1 aromatic carbocycles. The molecule has 0 amide bonds. The first-order valence-electron chi connectivity index (χ1n) is 6.54. The molecule has 0 fully saturated rings. The second kappa shape index (κ2) is 5.36. The third kappa shape index (κ3) is 2.32. The number of rotatable bonds is 4. The van der Waals surface area contributed by atoms with Crippen LogP contribution in [-0.2, 0) is 0 Å². The van der Waals surface area contributed by atoms with Gasteiger partial charge in [0.1, 0.15) is 5.75 Å². The van der Waals surface area contributed by atoms with E-state index in [0.29, 0.717) is 0 Å². The van der Waals surface area contributed by atoms with Crippen LogP contribution in [0.4, 0.5) is 5.69 Å². The van der Waals surface area contributed by atoms with E-state index >= 15 is 0 Å². The number of nitro groups is 1. The van der Waals surface area contributed by atoms with Gasteiger partial charge in [-0.2, -0.15) is 0 Å². The van der Waals surface area contributed by atoms with Gasteiger partial charge < -0.3 is 14.2 Å². The number of H-pyrrole nitrogens is 1. The van der Waals surface area contributed by atoms with E-state index in [1.807, 2.05) is 24.4 Å². The van der Waals surface area contributed by atoms with Gasteiger partial charge in [0, 0.05) is 22.7 Å². The highest BCUT2D eigenvalue weighted by atomic mass is 16.6. The van der Waals surface area contributed by atoms with Crippen LogP contribution in [0.2, 0.25) is 0 Å². The minimum Gasteiger partial charge on any atom is -0.497 e. The highest BCUT2D eigenvalue weighted by Crippen LogP contribution is 2.27. The van der Waals surface area contributed by atoms with Crippen LogP contribution < -0.4 is 4.74 Å². The number of aryl methyl sites for hydroxylation is 1. The van der Waals surface area contributed by atoms with Gasteiger partial charge in [0.2, 0.25) is 5.76 Å². The lowest BCUT2D eigenvalue weighted by molar-refractivity contribution is -0.386. The zero-order valence-electron chi connectivity index (χ0n) is 12.0. The Hall–Kier alpha value is -3.09. The van der Waals surface area contributed by atoms with Crippen molar-refractivity contribution in [2.24, 2.45) is 0 Å². The molecule has 0 saturated carbocycles. The molecular weight excluding hydrogens is 286 g/mol. The van der Waals surface area contributed by atoms with Crippen molar-refractivity contribution in [3.8, 4) is 5.75 Å². The van der Waals surface area contributed by atoms with E-state index in [1.54, 1.807) is 19.3 Å². The summed E-state index contributed by atoms with van der Waals surface area (Å²) in [6.45, 7) is 1.54. The van der Waals surface area contributed by atoms with Crippen LogP contribution in [0.1, 0.15) is 17.0 Å². The average molecular weight is 299 g/mol. The van der Waals surface area contributed by atoms with E-state index < -0.39 is 4.92 Å². The summed E-state index contributed by atoms with van der Waals surface area (Å²) in [5.74, 6) is 0.864. The summed E-state index contributed by atoms with van der Waals surface area (Å²) in [5.41, 5.74) is 1.96. The summed E-state index contributed by atoms with van der Waals surface area (Å²) in [6.07, 6.45) is 5.10. The van der Waals surface area contributed by atoms with Gasteiger partial charge in [0.05, 0.1) is 12.0 Å². The summed E-state index contributed by atoms with van der Waals surface area (Å²) in [7, 11) is 1.60. The normalized spacial score (nSPS) is 11.4. The Balaban J connectivity index is 2.01. The van der Waals surface area contributed by atoms with Gasteiger partial charge in [0.15, 0.2) is 5.69 Å². The first-order valence-corrected chi connectivity index (χ1v) is 6.54. The van der Waals surface area contributed by atoms with Crippen molar-refractivity contribution in [2.45, 2.75) is 6.92 Å². The number of ether oxygens (including phenoxy) is 1. The lowest BCUT2D eigenvalue weighted by Crippen LogP contribution is -1.90. The minimum absolute atomic E-state index is 0.117. The van der Waals surface area contributed by atoms with Crippen molar-refractivity contribution in [2.75, 3.05) is 7.11 Å². The fraction of sp³-hybridized carbons (Fsp3) is 0.133. The molecule has 112 valence electrons. The molecule has 0 bridgehead atoms. The molecule has 3 rings (SSSR count). The Kier molecular flexibility index (Phi) is 3.38. The van der Waals surface area contributed by atoms with Crippen molar-refractivity contribution >= 4 is 28.7 Å². The largest absolute Gasteiger partial charge is 0.497 e. The average Bonchev–Trinajstić information content (AvgIpc) is 3.07. The molecule has 0 aliphatic carbocycles. The zero-order valence-corrected chi connectivity index (χ0v) is 12.0. The second-order valence-corrected chi connectivity index (χ2v) is 4.73. The number of aromatic nitrogens is 2. The van der Waals surface area contributed by atoms with Crippen molar-refractivity contribution in [3.05, 3.63) is 51.5 Å². The van der Waals surface area contributed by atoms with Gasteiger partial charge in [-0.1, -0.05) is 5.16 Å². The highest BCUT2D eigenvalue weighted by molar-refractivity contribution is 5.92. The summed E-state index contributed by atoms with van der Waals surface area (Å²) in [6, 6.07) is 5.66. The maximum atomic E-state index is 11.0. The van der Waals surface area contributed by atoms with Gasteiger partial charge in [-0.3, -0.25) is 10.1 Å². The Labute approximate surface area is 125 Å². The molecule has 3 aromatic rings. The van der Waals surface area contributed by atoms with Crippen molar-refractivity contribution < 1.29 is 14.2 Å². The van der Waals surface area contributed by atoms with Gasteiger partial charge in [-0.25, -0.2) is 0 Å². The SMILES string of the molecule is COc1ccc2[nH]cc(/C=C/c3onc(C)c3[N+](=O)[O-])c2c1. The quantitative estimate of drug-likeness (QED) is 0.587. The molecule has 0 aliphatic heterocycles. The van der Waals surface area contributed by atoms with E-state index in [-0.39, 0.29) is 17.1 Å². The third-order valence-corrected chi connectivity index (χ3v) is 3.37. The topological polar surface area (TPSA) is 94.2 Å². The molecule has 0 saturated heterocycles. The van der Waals surface area contributed by atoms with E-state index in [4.69, 9.17) is 9.26 Å². The van der Waals surface area contributed by atoms with Crippen molar-refractivity contribution in [3.63, 3.8) is 0 Å². The van der Waals surface area contributed by atoms with Crippen molar-refractivity contribution in [1.29, 1.82) is 0 Å². The second-order valence-electron chi connectivity index (χ2n) is 4.73. The standard InChI is InChI=1S/C15H13N3O4/c1-9-15(18(19)20)14(22-17-9)6-3-10-8-16-13-5-4-11(21-2)7-12(10)13/h3-8,16H,1-2H3/b6-3+. The monoisotopic (exact) mass is 299 g/mol. The lowest BCUT2D eigenvalue weighted by atomic mass is 10.1. The van der Waals surface area contributed by atoms with E-state index in [2.05, 4.69) is 10.1 Å². The smallest absolute Gasteiger partial charge is 0.338 e. The number of fused-ring (bicyclic) bond motifs is 1. The molecule has 2 aromatic heterocycles. The third-order valence-electron chi connectivity index (χ3n) is 3.37. The molecule has 2 heterocycles. The minimum atomic E-state index is -0.496. The Morgan fingerprint density at radius 3 is 2.95 bits per heavy atom. The summed E-state index contributed by atoms with van der Waals surface area (Å²) in [5, 5.41) is 15.6. The van der Waals surface area contributed by atoms with Crippen LogP contribution in [0.25, 0.3) is 23.1 Å². The van der Waals surface area contributed by atoms with Crippen LogP contribution in [0, 0.1) is 17.0 Å². The Morgan fingerprint density at radius 2 is 2.23 bits per heavy atom. The van der Waals surface area contributed by atoms with Gasteiger partial charge in [-0.15, -0.1) is 0 Å². The number of methoxy groups -OCH3 is 1. The maximum absolute atomic E-state index is 11.0. The van der Waals surface area contributed by atoms with E-state index in [0.717, 1.165) is 22.2 Å². The molecule has 0 spiro atoms. The van der Waals surface area contributed by atoms with Gasteiger partial charge in [-0.05, 0) is 37.3 Å². The molecule has 0 unspecified atom stereocenters. The number of hydrogen-bond acceptors (Lipinski definition) is 5. The maximum Gasteiger partial charge on any atom is 0.338 e. The molecule has 0 radical (unpaired) electrons. The predicted molar refractivity (Wildman–Crippen MR) is 81.7 cm³/mol. The molecule has 7 heteroatoms. The van der Waals surface area contributed by atoms with E-state index in [9.17, 15) is 10.1 Å². The molecule has 1 N–H and O–H groups in total. The highest BCUT2D eigenvalue weighted by Gasteiger charge is 2.21. The number of benzene rings is 1. The Bertz CT molecular complexity index is 876. The fourth-order valence-electron chi connectivity index (χ4n) is 2.27. The molecular formula is C15H13N3O4. The van der Waals surface area contributed by atoms with Crippen LogP contribution in [-0.4, -0.2) is 22.2 Å². The van der Waals surface area contributed by atoms with Gasteiger partial charge in [0.25, 0.3) is 0 Å². The number of hydrogen-bond donors (Lipinski definition) is 1.